The summed E-state index contributed by atoms with van der Waals surface area (Å²) in [5.41, 5.74) is 1.63. The Kier molecular flexibility index (Phi) is 2.82. The average molecular weight is 214 g/mol. The van der Waals surface area contributed by atoms with Gasteiger partial charge in [-0.25, -0.2) is 9.48 Å². The topological polar surface area (TPSA) is 55.1 Å². The zero-order valence-electron chi connectivity index (χ0n) is 8.45. The zero-order valence-corrected chi connectivity index (χ0v) is 8.45. The van der Waals surface area contributed by atoms with E-state index in [2.05, 4.69) is 5.10 Å². The normalized spacial score (nSPS) is 10.8. The first-order valence-corrected chi connectivity index (χ1v) is 4.78. The van der Waals surface area contributed by atoms with E-state index in [0.29, 0.717) is 0 Å². The first-order valence-electron chi connectivity index (χ1n) is 4.78. The van der Waals surface area contributed by atoms with E-state index in [1.165, 1.54) is 6.08 Å². The van der Waals surface area contributed by atoms with Gasteiger partial charge in [0.1, 0.15) is 0 Å². The second-order valence-corrected chi connectivity index (χ2v) is 3.17. The molecule has 0 aliphatic heterocycles. The van der Waals surface area contributed by atoms with Crippen LogP contribution in [0.15, 0.2) is 48.7 Å². The number of rotatable bonds is 3. The highest BCUT2D eigenvalue weighted by atomic mass is 16.4. The lowest BCUT2D eigenvalue weighted by atomic mass is 10.3. The molecular formula is C12H10N2O2. The van der Waals surface area contributed by atoms with Crippen LogP contribution in [-0.2, 0) is 4.79 Å². The molecule has 1 aromatic heterocycles. The van der Waals surface area contributed by atoms with Gasteiger partial charge in [-0.3, -0.25) is 0 Å². The smallest absolute Gasteiger partial charge is 0.328 e. The van der Waals surface area contributed by atoms with Crippen LogP contribution in [0.4, 0.5) is 0 Å². The Balaban J connectivity index is 2.37. The summed E-state index contributed by atoms with van der Waals surface area (Å²) >= 11 is 0. The Morgan fingerprint density at radius 2 is 2.00 bits per heavy atom. The Labute approximate surface area is 92.5 Å². The highest BCUT2D eigenvalue weighted by molar-refractivity contribution is 5.85. The van der Waals surface area contributed by atoms with E-state index in [9.17, 15) is 4.79 Å². The van der Waals surface area contributed by atoms with Gasteiger partial charge in [0.15, 0.2) is 0 Å². The molecule has 4 nitrogen and oxygen atoms in total. The minimum absolute atomic E-state index is 0.730. The van der Waals surface area contributed by atoms with Crippen LogP contribution in [0.2, 0.25) is 0 Å². The zero-order chi connectivity index (χ0) is 11.4. The summed E-state index contributed by atoms with van der Waals surface area (Å²) < 4.78 is 1.68. The number of aromatic nitrogens is 2. The quantitative estimate of drug-likeness (QED) is 0.795. The maximum Gasteiger partial charge on any atom is 0.328 e. The fraction of sp³-hybridized carbons (Fsp3) is 0. The van der Waals surface area contributed by atoms with Crippen molar-refractivity contribution < 1.29 is 9.90 Å². The summed E-state index contributed by atoms with van der Waals surface area (Å²) in [5.74, 6) is -0.971. The van der Waals surface area contributed by atoms with Gasteiger partial charge in [0.05, 0.1) is 17.6 Å². The van der Waals surface area contributed by atoms with Crippen LogP contribution < -0.4 is 0 Å². The van der Waals surface area contributed by atoms with Crippen LogP contribution in [0.25, 0.3) is 11.8 Å². The Hall–Kier alpha value is -2.36. The van der Waals surface area contributed by atoms with E-state index in [-0.39, 0.29) is 0 Å². The number of carboxylic acid groups (broad SMARTS) is 1. The summed E-state index contributed by atoms with van der Waals surface area (Å²) in [6.45, 7) is 0. The molecule has 0 spiro atoms. The van der Waals surface area contributed by atoms with Gasteiger partial charge < -0.3 is 5.11 Å². The van der Waals surface area contributed by atoms with Crippen LogP contribution >= 0.6 is 0 Å². The Morgan fingerprint density at radius 1 is 1.25 bits per heavy atom. The van der Waals surface area contributed by atoms with E-state index in [1.54, 1.807) is 16.9 Å². The molecule has 0 fully saturated rings. The summed E-state index contributed by atoms with van der Waals surface area (Å²) in [7, 11) is 0. The van der Waals surface area contributed by atoms with Gasteiger partial charge in [-0.1, -0.05) is 18.2 Å². The molecule has 16 heavy (non-hydrogen) atoms. The molecule has 0 saturated heterocycles. The molecule has 0 aliphatic carbocycles. The average Bonchev–Trinajstić information content (AvgIpc) is 2.75. The van der Waals surface area contributed by atoms with Crippen molar-refractivity contribution in [1.29, 1.82) is 0 Å². The van der Waals surface area contributed by atoms with E-state index in [4.69, 9.17) is 5.11 Å². The number of aliphatic carboxylic acids is 1. The molecule has 2 rings (SSSR count). The largest absolute Gasteiger partial charge is 0.478 e. The molecule has 1 N–H and O–H groups in total. The number of carboxylic acids is 1. The molecule has 0 radical (unpaired) electrons. The van der Waals surface area contributed by atoms with Crippen LogP contribution in [0.1, 0.15) is 5.69 Å². The lowest BCUT2D eigenvalue weighted by Crippen LogP contribution is -1.98. The second kappa shape index (κ2) is 4.44. The number of benzene rings is 1. The molecule has 0 saturated carbocycles. The van der Waals surface area contributed by atoms with Crippen LogP contribution in [0.3, 0.4) is 0 Å². The Morgan fingerprint density at radius 3 is 2.69 bits per heavy atom. The van der Waals surface area contributed by atoms with Crippen molar-refractivity contribution in [2.24, 2.45) is 0 Å². The predicted octanol–water partition coefficient (Wildman–Crippen LogP) is 1.97. The van der Waals surface area contributed by atoms with Gasteiger partial charge in [0.25, 0.3) is 0 Å². The summed E-state index contributed by atoms with van der Waals surface area (Å²) in [6.07, 6.45) is 4.24. The standard InChI is InChI=1S/C12H10N2O2/c15-12(16)7-6-11-8-9-13-14(11)10-4-2-1-3-5-10/h1-9H,(H,15,16)/b7-6+. The summed E-state index contributed by atoms with van der Waals surface area (Å²) in [4.78, 5) is 10.4. The Bertz CT molecular complexity index is 515. The van der Waals surface area contributed by atoms with Crippen molar-refractivity contribution in [2.75, 3.05) is 0 Å². The van der Waals surface area contributed by atoms with Crippen molar-refractivity contribution in [3.8, 4) is 5.69 Å². The van der Waals surface area contributed by atoms with Gasteiger partial charge in [-0.2, -0.15) is 5.10 Å². The van der Waals surface area contributed by atoms with Crippen LogP contribution in [0.5, 0.6) is 0 Å². The number of para-hydroxylation sites is 1. The van der Waals surface area contributed by atoms with Gasteiger partial charge >= 0.3 is 5.97 Å². The molecule has 0 bridgehead atoms. The van der Waals surface area contributed by atoms with Gasteiger partial charge in [-0.15, -0.1) is 0 Å². The third kappa shape index (κ3) is 2.17. The molecule has 0 atom stereocenters. The van der Waals surface area contributed by atoms with Gasteiger partial charge in [-0.05, 0) is 24.3 Å². The minimum Gasteiger partial charge on any atom is -0.478 e. The van der Waals surface area contributed by atoms with Crippen molar-refractivity contribution in [3.63, 3.8) is 0 Å². The fourth-order valence-electron chi connectivity index (χ4n) is 1.38. The van der Waals surface area contributed by atoms with Gasteiger partial charge in [0.2, 0.25) is 0 Å². The van der Waals surface area contributed by atoms with E-state index in [0.717, 1.165) is 17.5 Å². The highest BCUT2D eigenvalue weighted by Gasteiger charge is 2.01. The third-order valence-electron chi connectivity index (χ3n) is 2.07. The molecular weight excluding hydrogens is 204 g/mol. The van der Waals surface area contributed by atoms with E-state index >= 15 is 0 Å². The van der Waals surface area contributed by atoms with Crippen LogP contribution in [-0.4, -0.2) is 20.9 Å². The lowest BCUT2D eigenvalue weighted by Gasteiger charge is -2.03. The molecule has 0 amide bonds. The molecule has 2 aromatic rings. The SMILES string of the molecule is O=C(O)/C=C/c1ccnn1-c1ccccc1. The molecule has 1 aromatic carbocycles. The van der Waals surface area contributed by atoms with Crippen LogP contribution in [0, 0.1) is 0 Å². The summed E-state index contributed by atoms with van der Waals surface area (Å²) in [5, 5.41) is 12.7. The number of carbonyl (C=O) groups is 1. The maximum atomic E-state index is 10.4. The van der Waals surface area contributed by atoms with Crippen molar-refractivity contribution in [1.82, 2.24) is 9.78 Å². The van der Waals surface area contributed by atoms with E-state index < -0.39 is 5.97 Å². The third-order valence-corrected chi connectivity index (χ3v) is 2.07. The van der Waals surface area contributed by atoms with Crippen molar-refractivity contribution in [2.45, 2.75) is 0 Å². The molecule has 0 unspecified atom stereocenters. The lowest BCUT2D eigenvalue weighted by molar-refractivity contribution is -0.131. The summed E-state index contributed by atoms with van der Waals surface area (Å²) in [6, 6.07) is 11.3. The molecule has 80 valence electrons. The van der Waals surface area contributed by atoms with Crippen molar-refractivity contribution in [3.05, 3.63) is 54.4 Å². The number of nitrogens with zero attached hydrogens (tertiary/aromatic N) is 2. The highest BCUT2D eigenvalue weighted by Crippen LogP contribution is 2.10. The number of hydrogen-bond acceptors (Lipinski definition) is 2. The predicted molar refractivity (Wildman–Crippen MR) is 60.2 cm³/mol. The fourth-order valence-corrected chi connectivity index (χ4v) is 1.38. The van der Waals surface area contributed by atoms with Crippen molar-refractivity contribution >= 4 is 12.0 Å². The second-order valence-electron chi connectivity index (χ2n) is 3.17. The van der Waals surface area contributed by atoms with Gasteiger partial charge in [0, 0.05) is 6.08 Å². The van der Waals surface area contributed by atoms with E-state index in [1.807, 2.05) is 30.3 Å². The maximum absolute atomic E-state index is 10.4. The molecule has 0 aliphatic rings. The number of hydrogen-bond donors (Lipinski definition) is 1. The molecule has 4 heteroatoms. The molecule has 1 heterocycles. The first-order chi connectivity index (χ1) is 7.77. The minimum atomic E-state index is -0.971. The monoisotopic (exact) mass is 214 g/mol. The first kappa shape index (κ1) is 10.2.